The van der Waals surface area contributed by atoms with E-state index >= 15 is 0 Å². The Balaban J connectivity index is 1.87. The topological polar surface area (TPSA) is 72.8 Å². The summed E-state index contributed by atoms with van der Waals surface area (Å²) >= 11 is 0. The van der Waals surface area contributed by atoms with Gasteiger partial charge in [-0.1, -0.05) is 18.1 Å². The van der Waals surface area contributed by atoms with E-state index in [9.17, 15) is 14.7 Å². The molecular formula is C20H28O5. The van der Waals surface area contributed by atoms with Crippen molar-refractivity contribution >= 4 is 11.8 Å². The molecule has 0 aliphatic carbocycles. The number of ether oxygens (including phenoxy) is 2. The lowest BCUT2D eigenvalue weighted by atomic mass is 9.95. The zero-order valence-electron chi connectivity index (χ0n) is 15.7. The molecule has 3 atom stereocenters. The third-order valence-corrected chi connectivity index (χ3v) is 4.73. The third kappa shape index (κ3) is 5.05. The molecule has 138 valence electrons. The van der Waals surface area contributed by atoms with Crippen molar-refractivity contribution in [2.75, 3.05) is 0 Å². The summed E-state index contributed by atoms with van der Waals surface area (Å²) < 4.78 is 10.9. The number of ketones is 1. The predicted octanol–water partition coefficient (Wildman–Crippen LogP) is 3.23. The number of carbonyl (C=O) groups excluding carboxylic acids is 2. The van der Waals surface area contributed by atoms with E-state index in [1.54, 1.807) is 13.8 Å². The van der Waals surface area contributed by atoms with Crippen LogP contribution in [0.3, 0.4) is 0 Å². The number of esters is 1. The number of aliphatic hydroxyl groups excluding tert-OH is 1. The highest BCUT2D eigenvalue weighted by molar-refractivity contribution is 5.98. The molecule has 0 aromatic rings. The monoisotopic (exact) mass is 348 g/mol. The normalized spacial score (nSPS) is 25.7. The second-order valence-corrected chi connectivity index (χ2v) is 7.60. The highest BCUT2D eigenvalue weighted by Crippen LogP contribution is 2.31. The van der Waals surface area contributed by atoms with Crippen molar-refractivity contribution in [1.29, 1.82) is 0 Å². The van der Waals surface area contributed by atoms with Crippen LogP contribution in [0.5, 0.6) is 0 Å². The number of hydrogen-bond donors (Lipinski definition) is 1. The van der Waals surface area contributed by atoms with Gasteiger partial charge in [0.15, 0.2) is 5.60 Å². The van der Waals surface area contributed by atoms with E-state index in [1.165, 1.54) is 12.2 Å². The highest BCUT2D eigenvalue weighted by atomic mass is 16.5. The van der Waals surface area contributed by atoms with Gasteiger partial charge in [-0.15, -0.1) is 0 Å². The predicted molar refractivity (Wildman–Crippen MR) is 94.7 cm³/mol. The van der Waals surface area contributed by atoms with E-state index in [-0.39, 0.29) is 23.8 Å². The van der Waals surface area contributed by atoms with Gasteiger partial charge in [0.1, 0.15) is 11.9 Å². The molecule has 0 saturated carbocycles. The molecule has 2 rings (SSSR count). The SMILES string of the molecule is CC1=CC(=O)O[C@H](/C=C(\C)CCC(O)C(C)C2=CC(=O)C(C)(C)O2)C1. The fourth-order valence-electron chi connectivity index (χ4n) is 3.01. The van der Waals surface area contributed by atoms with E-state index < -0.39 is 11.7 Å². The summed E-state index contributed by atoms with van der Waals surface area (Å²) in [7, 11) is 0. The Morgan fingerprint density at radius 3 is 2.64 bits per heavy atom. The fraction of sp³-hybridized carbons (Fsp3) is 0.600. The molecular weight excluding hydrogens is 320 g/mol. The van der Waals surface area contributed by atoms with Gasteiger partial charge in [-0.25, -0.2) is 4.79 Å². The van der Waals surface area contributed by atoms with Gasteiger partial charge in [0.05, 0.1) is 6.10 Å². The standard InChI is InChI=1S/C20H28O5/c1-12(8-15-9-13(2)10-19(23)24-15)6-7-16(21)14(3)17-11-18(22)20(4,5)25-17/h8,10-11,14-16,21H,6-7,9H2,1-5H3/b12-8+/t14?,15-,16?/m1/s1. The molecule has 0 aromatic carbocycles. The fourth-order valence-corrected chi connectivity index (χ4v) is 3.01. The number of hydrogen-bond acceptors (Lipinski definition) is 5. The number of cyclic esters (lactones) is 1. The van der Waals surface area contributed by atoms with Crippen molar-refractivity contribution in [3.8, 4) is 0 Å². The van der Waals surface area contributed by atoms with Gasteiger partial charge < -0.3 is 14.6 Å². The first-order valence-electron chi connectivity index (χ1n) is 8.76. The summed E-state index contributed by atoms with van der Waals surface area (Å²) in [5.74, 6) is -0.0634. The first-order chi connectivity index (χ1) is 11.6. The van der Waals surface area contributed by atoms with Crippen LogP contribution < -0.4 is 0 Å². The molecule has 25 heavy (non-hydrogen) atoms. The number of rotatable bonds is 6. The van der Waals surface area contributed by atoms with Crippen LogP contribution in [0.15, 0.2) is 35.1 Å². The lowest BCUT2D eigenvalue weighted by molar-refractivity contribution is -0.142. The third-order valence-electron chi connectivity index (χ3n) is 4.73. The maximum absolute atomic E-state index is 11.8. The van der Waals surface area contributed by atoms with Crippen molar-refractivity contribution in [1.82, 2.24) is 0 Å². The summed E-state index contributed by atoms with van der Waals surface area (Å²) in [6.07, 6.45) is 6.07. The maximum atomic E-state index is 11.8. The van der Waals surface area contributed by atoms with Crippen molar-refractivity contribution in [3.63, 3.8) is 0 Å². The molecule has 2 aliphatic heterocycles. The summed E-state index contributed by atoms with van der Waals surface area (Å²) in [5.41, 5.74) is 1.24. The molecule has 0 radical (unpaired) electrons. The Kier molecular flexibility index (Phi) is 5.88. The van der Waals surface area contributed by atoms with E-state index in [0.29, 0.717) is 25.0 Å². The smallest absolute Gasteiger partial charge is 0.331 e. The zero-order valence-corrected chi connectivity index (χ0v) is 15.7. The first-order valence-corrected chi connectivity index (χ1v) is 8.76. The van der Waals surface area contributed by atoms with Crippen molar-refractivity contribution in [2.24, 2.45) is 5.92 Å². The molecule has 2 aliphatic rings. The van der Waals surface area contributed by atoms with Crippen LogP contribution in [0.25, 0.3) is 0 Å². The molecule has 1 N–H and O–H groups in total. The highest BCUT2D eigenvalue weighted by Gasteiger charge is 2.38. The molecule has 0 bridgehead atoms. The van der Waals surface area contributed by atoms with Crippen LogP contribution in [-0.4, -0.2) is 34.7 Å². The van der Waals surface area contributed by atoms with E-state index in [1.807, 2.05) is 26.8 Å². The molecule has 2 unspecified atom stereocenters. The second kappa shape index (κ2) is 7.56. The van der Waals surface area contributed by atoms with Gasteiger partial charge in [-0.2, -0.15) is 0 Å². The quantitative estimate of drug-likeness (QED) is 0.589. The minimum atomic E-state index is -0.838. The lowest BCUT2D eigenvalue weighted by Gasteiger charge is -2.24. The van der Waals surface area contributed by atoms with Crippen LogP contribution in [0, 0.1) is 5.92 Å². The average molecular weight is 348 g/mol. The molecule has 2 heterocycles. The Morgan fingerprint density at radius 1 is 1.40 bits per heavy atom. The zero-order chi connectivity index (χ0) is 18.8. The summed E-state index contributed by atoms with van der Waals surface area (Å²) in [4.78, 5) is 23.3. The summed E-state index contributed by atoms with van der Waals surface area (Å²) in [5, 5.41) is 10.4. The number of allylic oxidation sites excluding steroid dienone is 1. The lowest BCUT2D eigenvalue weighted by Crippen LogP contribution is -2.29. The van der Waals surface area contributed by atoms with Gasteiger partial charge in [0.2, 0.25) is 5.78 Å². The van der Waals surface area contributed by atoms with Crippen LogP contribution in [-0.2, 0) is 19.1 Å². The van der Waals surface area contributed by atoms with E-state index in [0.717, 1.165) is 11.1 Å². The Morgan fingerprint density at radius 2 is 2.08 bits per heavy atom. The van der Waals surface area contributed by atoms with Crippen LogP contribution in [0.4, 0.5) is 0 Å². The Bertz CT molecular complexity index is 638. The van der Waals surface area contributed by atoms with Crippen LogP contribution in [0.1, 0.15) is 53.9 Å². The molecule has 5 heteroatoms. The van der Waals surface area contributed by atoms with Gasteiger partial charge in [-0.3, -0.25) is 4.79 Å². The van der Waals surface area contributed by atoms with Crippen molar-refractivity contribution < 1.29 is 24.2 Å². The van der Waals surface area contributed by atoms with E-state index in [4.69, 9.17) is 9.47 Å². The molecule has 0 spiro atoms. The molecule has 0 amide bonds. The second-order valence-electron chi connectivity index (χ2n) is 7.60. The van der Waals surface area contributed by atoms with Crippen LogP contribution in [0.2, 0.25) is 0 Å². The number of carbonyl (C=O) groups is 2. The molecule has 5 nitrogen and oxygen atoms in total. The largest absolute Gasteiger partial charge is 0.484 e. The first kappa shape index (κ1) is 19.4. The molecule has 0 aromatic heterocycles. The van der Waals surface area contributed by atoms with Gasteiger partial charge in [-0.05, 0) is 46.6 Å². The van der Waals surface area contributed by atoms with Gasteiger partial charge in [0, 0.05) is 24.5 Å². The Hall–Kier alpha value is -1.88. The van der Waals surface area contributed by atoms with Crippen LogP contribution >= 0.6 is 0 Å². The minimum Gasteiger partial charge on any atom is -0.484 e. The van der Waals surface area contributed by atoms with Crippen molar-refractivity contribution in [2.45, 2.75) is 71.7 Å². The van der Waals surface area contributed by atoms with Crippen molar-refractivity contribution in [3.05, 3.63) is 35.1 Å². The summed E-state index contributed by atoms with van der Waals surface area (Å²) in [6, 6.07) is 0. The average Bonchev–Trinajstić information content (AvgIpc) is 2.76. The maximum Gasteiger partial charge on any atom is 0.331 e. The Labute approximate surface area is 149 Å². The summed E-state index contributed by atoms with van der Waals surface area (Å²) in [6.45, 7) is 9.21. The molecule has 0 fully saturated rings. The minimum absolute atomic E-state index is 0.0693. The molecule has 0 saturated heterocycles. The van der Waals surface area contributed by atoms with Gasteiger partial charge >= 0.3 is 5.97 Å². The number of aliphatic hydroxyl groups is 1. The van der Waals surface area contributed by atoms with Gasteiger partial charge in [0.25, 0.3) is 0 Å². The van der Waals surface area contributed by atoms with E-state index in [2.05, 4.69) is 0 Å².